The molecule has 0 atom stereocenters. The van der Waals surface area contributed by atoms with Crippen molar-refractivity contribution in [2.75, 3.05) is 20.8 Å². The lowest BCUT2D eigenvalue weighted by Gasteiger charge is -2.06. The summed E-state index contributed by atoms with van der Waals surface area (Å²) in [6.45, 7) is 3.90. The van der Waals surface area contributed by atoms with Gasteiger partial charge in [0.05, 0.1) is 20.4 Å². The predicted molar refractivity (Wildman–Crippen MR) is 63.3 cm³/mol. The molecule has 0 unspecified atom stereocenters. The van der Waals surface area contributed by atoms with E-state index in [2.05, 4.69) is 11.7 Å². The number of ether oxygens (including phenoxy) is 2. The van der Waals surface area contributed by atoms with Crippen LogP contribution in [-0.2, 0) is 4.84 Å². The summed E-state index contributed by atoms with van der Waals surface area (Å²) >= 11 is 0. The zero-order valence-electron chi connectivity index (χ0n) is 9.47. The van der Waals surface area contributed by atoms with Gasteiger partial charge in [0.15, 0.2) is 0 Å². The van der Waals surface area contributed by atoms with Crippen molar-refractivity contribution in [3.05, 3.63) is 36.4 Å². The summed E-state index contributed by atoms with van der Waals surface area (Å²) in [6, 6.07) is 5.45. The van der Waals surface area contributed by atoms with Crippen LogP contribution < -0.4 is 9.47 Å². The van der Waals surface area contributed by atoms with Crippen LogP contribution in [-0.4, -0.2) is 27.0 Å². The molecule has 4 heteroatoms. The second-order valence-corrected chi connectivity index (χ2v) is 2.93. The molecular weight excluding hydrogens is 206 g/mol. The van der Waals surface area contributed by atoms with Gasteiger partial charge in [-0.05, 0) is 18.2 Å². The first-order valence-corrected chi connectivity index (χ1v) is 4.80. The Bertz CT molecular complexity index is 375. The second-order valence-electron chi connectivity index (χ2n) is 2.93. The molecule has 0 bridgehead atoms. The van der Waals surface area contributed by atoms with E-state index in [-0.39, 0.29) is 0 Å². The number of nitrogens with zero attached hydrogens (tertiary/aromatic N) is 1. The normalized spacial score (nSPS) is 10.1. The lowest BCUT2D eigenvalue weighted by atomic mass is 10.2. The molecule has 0 N–H and O–H groups in total. The van der Waals surface area contributed by atoms with Crippen molar-refractivity contribution in [1.82, 2.24) is 0 Å². The van der Waals surface area contributed by atoms with Crippen LogP contribution in [0.3, 0.4) is 0 Å². The molecule has 4 nitrogen and oxygen atoms in total. The third-order valence-electron chi connectivity index (χ3n) is 1.90. The molecule has 0 aromatic heterocycles. The van der Waals surface area contributed by atoms with Crippen molar-refractivity contribution >= 4 is 6.21 Å². The average molecular weight is 221 g/mol. The van der Waals surface area contributed by atoms with Crippen LogP contribution in [0.25, 0.3) is 0 Å². The van der Waals surface area contributed by atoms with Crippen LogP contribution in [0.5, 0.6) is 11.5 Å². The third kappa shape index (κ3) is 3.31. The molecular formula is C12H15NO3. The Hall–Kier alpha value is -1.97. The fraction of sp³-hybridized carbons (Fsp3) is 0.250. The van der Waals surface area contributed by atoms with E-state index in [1.165, 1.54) is 0 Å². The van der Waals surface area contributed by atoms with Gasteiger partial charge in [-0.2, -0.15) is 0 Å². The van der Waals surface area contributed by atoms with Gasteiger partial charge >= 0.3 is 0 Å². The molecule has 1 aromatic carbocycles. The van der Waals surface area contributed by atoms with E-state index in [4.69, 9.17) is 14.3 Å². The zero-order valence-corrected chi connectivity index (χ0v) is 9.47. The number of hydrogen-bond acceptors (Lipinski definition) is 4. The molecule has 16 heavy (non-hydrogen) atoms. The van der Waals surface area contributed by atoms with Gasteiger partial charge in [0, 0.05) is 5.56 Å². The van der Waals surface area contributed by atoms with Gasteiger partial charge in [0.25, 0.3) is 0 Å². The molecule has 0 radical (unpaired) electrons. The van der Waals surface area contributed by atoms with Crippen molar-refractivity contribution in [1.29, 1.82) is 0 Å². The summed E-state index contributed by atoms with van der Waals surface area (Å²) in [5.41, 5.74) is 0.797. The first kappa shape index (κ1) is 12.1. The Morgan fingerprint density at radius 3 is 2.75 bits per heavy atom. The monoisotopic (exact) mass is 221 g/mol. The van der Waals surface area contributed by atoms with Crippen molar-refractivity contribution < 1.29 is 14.3 Å². The number of oxime groups is 1. The Morgan fingerprint density at radius 2 is 2.12 bits per heavy atom. The molecule has 1 aromatic rings. The summed E-state index contributed by atoms with van der Waals surface area (Å²) < 4.78 is 10.3. The summed E-state index contributed by atoms with van der Waals surface area (Å²) in [4.78, 5) is 4.91. The standard InChI is InChI=1S/C12H15NO3/c1-4-7-16-13-9-10-8-11(14-2)5-6-12(10)15-3/h4-6,8-9H,1,7H2,2-3H3/b13-9+. The van der Waals surface area contributed by atoms with Crippen LogP contribution >= 0.6 is 0 Å². The first-order valence-electron chi connectivity index (χ1n) is 4.80. The minimum atomic E-state index is 0.378. The van der Waals surface area contributed by atoms with Crippen LogP contribution in [0.15, 0.2) is 36.0 Å². The topological polar surface area (TPSA) is 40.0 Å². The molecule has 0 heterocycles. The Morgan fingerprint density at radius 1 is 1.31 bits per heavy atom. The summed E-state index contributed by atoms with van der Waals surface area (Å²) in [6.07, 6.45) is 3.20. The minimum Gasteiger partial charge on any atom is -0.497 e. The van der Waals surface area contributed by atoms with E-state index < -0.39 is 0 Å². The Kier molecular flexibility index (Phi) is 4.92. The quantitative estimate of drug-likeness (QED) is 0.320. The molecule has 0 fully saturated rings. The van der Waals surface area contributed by atoms with Crippen molar-refractivity contribution in [3.8, 4) is 11.5 Å². The lowest BCUT2D eigenvalue weighted by Crippen LogP contribution is -1.93. The van der Waals surface area contributed by atoms with E-state index in [0.717, 1.165) is 11.3 Å². The number of hydrogen-bond donors (Lipinski definition) is 0. The Labute approximate surface area is 95.1 Å². The zero-order chi connectivity index (χ0) is 11.8. The molecule has 0 aliphatic carbocycles. The van der Waals surface area contributed by atoms with E-state index in [0.29, 0.717) is 12.4 Å². The van der Waals surface area contributed by atoms with Crippen LogP contribution in [0.4, 0.5) is 0 Å². The summed E-state index contributed by atoms with van der Waals surface area (Å²) in [7, 11) is 3.21. The number of methoxy groups -OCH3 is 2. The Balaban J connectivity index is 2.82. The van der Waals surface area contributed by atoms with Gasteiger partial charge in [-0.15, -0.1) is 0 Å². The highest BCUT2D eigenvalue weighted by Gasteiger charge is 2.02. The van der Waals surface area contributed by atoms with Crippen molar-refractivity contribution in [2.24, 2.45) is 5.16 Å². The molecule has 0 aliphatic rings. The van der Waals surface area contributed by atoms with Gasteiger partial charge in [0.2, 0.25) is 0 Å². The third-order valence-corrected chi connectivity index (χ3v) is 1.90. The fourth-order valence-corrected chi connectivity index (χ4v) is 1.13. The van der Waals surface area contributed by atoms with Crippen LogP contribution in [0.2, 0.25) is 0 Å². The van der Waals surface area contributed by atoms with Crippen LogP contribution in [0, 0.1) is 0 Å². The van der Waals surface area contributed by atoms with Crippen LogP contribution in [0.1, 0.15) is 5.56 Å². The highest BCUT2D eigenvalue weighted by Crippen LogP contribution is 2.22. The maximum atomic E-state index is 5.18. The van der Waals surface area contributed by atoms with Gasteiger partial charge in [-0.25, -0.2) is 0 Å². The SMILES string of the molecule is C=CCO/N=C/c1cc(OC)ccc1OC. The van der Waals surface area contributed by atoms with Gasteiger partial charge in [-0.1, -0.05) is 17.8 Å². The molecule has 0 saturated carbocycles. The van der Waals surface area contributed by atoms with Crippen molar-refractivity contribution in [2.45, 2.75) is 0 Å². The largest absolute Gasteiger partial charge is 0.497 e. The highest BCUT2D eigenvalue weighted by atomic mass is 16.6. The van der Waals surface area contributed by atoms with E-state index in [1.54, 1.807) is 26.5 Å². The predicted octanol–water partition coefficient (Wildman–Crippen LogP) is 2.24. The van der Waals surface area contributed by atoms with E-state index >= 15 is 0 Å². The maximum absolute atomic E-state index is 5.18. The molecule has 1 rings (SSSR count). The smallest absolute Gasteiger partial charge is 0.135 e. The maximum Gasteiger partial charge on any atom is 0.135 e. The average Bonchev–Trinajstić information content (AvgIpc) is 2.34. The van der Waals surface area contributed by atoms with E-state index in [1.807, 2.05) is 18.2 Å². The minimum absolute atomic E-state index is 0.378. The van der Waals surface area contributed by atoms with Gasteiger partial charge in [0.1, 0.15) is 18.1 Å². The number of rotatable bonds is 6. The van der Waals surface area contributed by atoms with Crippen molar-refractivity contribution in [3.63, 3.8) is 0 Å². The summed E-state index contributed by atoms with van der Waals surface area (Å²) in [5, 5.41) is 3.78. The lowest BCUT2D eigenvalue weighted by molar-refractivity contribution is 0.176. The second kappa shape index (κ2) is 6.50. The summed E-state index contributed by atoms with van der Waals surface area (Å²) in [5.74, 6) is 1.46. The highest BCUT2D eigenvalue weighted by molar-refractivity contribution is 5.83. The first-order chi connectivity index (χ1) is 7.81. The molecule has 0 aliphatic heterocycles. The number of benzene rings is 1. The molecule has 0 saturated heterocycles. The molecule has 0 spiro atoms. The molecule has 0 amide bonds. The van der Waals surface area contributed by atoms with Gasteiger partial charge < -0.3 is 14.3 Å². The molecule has 86 valence electrons. The van der Waals surface area contributed by atoms with E-state index in [9.17, 15) is 0 Å². The van der Waals surface area contributed by atoms with Gasteiger partial charge in [-0.3, -0.25) is 0 Å². The fourth-order valence-electron chi connectivity index (χ4n) is 1.13.